The number of para-hydroxylation sites is 1. The Balaban J connectivity index is 1.92. The molecule has 2 aromatic rings. The topological polar surface area (TPSA) is 83.0 Å². The number of amides is 1. The summed E-state index contributed by atoms with van der Waals surface area (Å²) in [5.74, 6) is 0.243. The maximum atomic E-state index is 11.9. The lowest BCUT2D eigenvalue weighted by molar-refractivity contribution is -0.119. The van der Waals surface area contributed by atoms with Crippen LogP contribution < -0.4 is 15.5 Å². The average Bonchev–Trinajstić information content (AvgIpc) is 2.58. The van der Waals surface area contributed by atoms with Crippen LogP contribution in [0, 0.1) is 10.5 Å². The standard InChI is InChI=1S/C18H20IN3O3/c1-3-25-16-9-13(8-14(19)18(16)24)10-21-22-17(23)11-20-15-7-5-4-6-12(15)2/h4-10,20,24H,3,11H2,1-2H3,(H,22,23)/b21-10+. The first kappa shape index (κ1) is 19.0. The highest BCUT2D eigenvalue weighted by Crippen LogP contribution is 2.32. The zero-order valence-electron chi connectivity index (χ0n) is 14.0. The number of phenols is 1. The Morgan fingerprint density at radius 2 is 2.12 bits per heavy atom. The lowest BCUT2D eigenvalue weighted by Gasteiger charge is -2.09. The summed E-state index contributed by atoms with van der Waals surface area (Å²) >= 11 is 2.01. The van der Waals surface area contributed by atoms with E-state index in [-0.39, 0.29) is 18.2 Å². The summed E-state index contributed by atoms with van der Waals surface area (Å²) in [6.07, 6.45) is 1.51. The van der Waals surface area contributed by atoms with Gasteiger partial charge in [0.1, 0.15) is 0 Å². The van der Waals surface area contributed by atoms with Crippen LogP contribution in [0.3, 0.4) is 0 Å². The summed E-state index contributed by atoms with van der Waals surface area (Å²) in [4.78, 5) is 11.9. The number of carbonyl (C=O) groups excluding carboxylic acids is 1. The number of rotatable bonds is 7. The molecule has 0 aromatic heterocycles. The van der Waals surface area contributed by atoms with Crippen LogP contribution in [0.15, 0.2) is 41.5 Å². The number of benzene rings is 2. The monoisotopic (exact) mass is 453 g/mol. The second-order valence-corrected chi connectivity index (χ2v) is 6.41. The Kier molecular flexibility index (Phi) is 7.05. The molecular weight excluding hydrogens is 433 g/mol. The van der Waals surface area contributed by atoms with E-state index in [0.29, 0.717) is 15.9 Å². The molecule has 0 heterocycles. The minimum absolute atomic E-state index is 0.103. The van der Waals surface area contributed by atoms with Gasteiger partial charge in [-0.2, -0.15) is 5.10 Å². The van der Waals surface area contributed by atoms with Crippen LogP contribution in [-0.2, 0) is 4.79 Å². The summed E-state index contributed by atoms with van der Waals surface area (Å²) in [5, 5.41) is 16.9. The molecule has 0 aliphatic carbocycles. The van der Waals surface area contributed by atoms with Crippen LogP contribution in [0.25, 0.3) is 0 Å². The molecule has 0 saturated carbocycles. The highest BCUT2D eigenvalue weighted by atomic mass is 127. The fraction of sp³-hybridized carbons (Fsp3) is 0.222. The number of aryl methyl sites for hydroxylation is 1. The van der Waals surface area contributed by atoms with Crippen LogP contribution in [0.4, 0.5) is 5.69 Å². The van der Waals surface area contributed by atoms with Crippen LogP contribution in [-0.4, -0.2) is 30.4 Å². The van der Waals surface area contributed by atoms with Gasteiger partial charge in [-0.1, -0.05) is 18.2 Å². The third-order valence-electron chi connectivity index (χ3n) is 3.34. The van der Waals surface area contributed by atoms with Crippen molar-refractivity contribution in [3.63, 3.8) is 0 Å². The third-order valence-corrected chi connectivity index (χ3v) is 4.16. The van der Waals surface area contributed by atoms with E-state index in [1.807, 2.05) is 60.7 Å². The molecule has 6 nitrogen and oxygen atoms in total. The van der Waals surface area contributed by atoms with Crippen LogP contribution in [0.1, 0.15) is 18.1 Å². The van der Waals surface area contributed by atoms with E-state index in [1.165, 1.54) is 6.21 Å². The van der Waals surface area contributed by atoms with Crippen molar-refractivity contribution in [2.24, 2.45) is 5.10 Å². The Labute approximate surface area is 160 Å². The number of hydrazone groups is 1. The van der Waals surface area contributed by atoms with Gasteiger partial charge >= 0.3 is 0 Å². The molecule has 0 spiro atoms. The van der Waals surface area contributed by atoms with Crippen LogP contribution >= 0.6 is 22.6 Å². The molecule has 0 saturated heterocycles. The van der Waals surface area contributed by atoms with Gasteiger partial charge < -0.3 is 15.2 Å². The summed E-state index contributed by atoms with van der Waals surface area (Å²) < 4.78 is 6.02. The van der Waals surface area contributed by atoms with E-state index >= 15 is 0 Å². The van der Waals surface area contributed by atoms with E-state index in [2.05, 4.69) is 15.8 Å². The van der Waals surface area contributed by atoms with E-state index < -0.39 is 0 Å². The largest absolute Gasteiger partial charge is 0.504 e. The number of hydrogen-bond donors (Lipinski definition) is 3. The molecule has 1 amide bonds. The van der Waals surface area contributed by atoms with Gasteiger partial charge in [-0.15, -0.1) is 0 Å². The van der Waals surface area contributed by atoms with Gasteiger partial charge in [0, 0.05) is 5.69 Å². The Hall–Kier alpha value is -2.29. The van der Waals surface area contributed by atoms with Crippen molar-refractivity contribution in [3.05, 3.63) is 51.1 Å². The molecular formula is C18H20IN3O3. The zero-order chi connectivity index (χ0) is 18.2. The molecule has 0 radical (unpaired) electrons. The van der Waals surface area contributed by atoms with Gasteiger partial charge in [0.25, 0.3) is 5.91 Å². The van der Waals surface area contributed by atoms with Gasteiger partial charge in [-0.25, -0.2) is 5.43 Å². The number of aromatic hydroxyl groups is 1. The first-order chi connectivity index (χ1) is 12.0. The molecule has 2 aromatic carbocycles. The van der Waals surface area contributed by atoms with Crippen molar-refractivity contribution >= 4 is 40.4 Å². The molecule has 0 fully saturated rings. The average molecular weight is 453 g/mol. The number of nitrogens with zero attached hydrogens (tertiary/aromatic N) is 1. The molecule has 0 bridgehead atoms. The minimum Gasteiger partial charge on any atom is -0.504 e. The van der Waals surface area contributed by atoms with Gasteiger partial charge in [0.05, 0.1) is 22.9 Å². The summed E-state index contributed by atoms with van der Waals surface area (Å²) in [5.41, 5.74) is 5.17. The fourth-order valence-electron chi connectivity index (χ4n) is 2.10. The molecule has 132 valence electrons. The zero-order valence-corrected chi connectivity index (χ0v) is 16.2. The van der Waals surface area contributed by atoms with Crippen molar-refractivity contribution in [2.75, 3.05) is 18.5 Å². The quantitative estimate of drug-likeness (QED) is 0.342. The predicted molar refractivity (Wildman–Crippen MR) is 107 cm³/mol. The van der Waals surface area contributed by atoms with E-state index in [4.69, 9.17) is 4.74 Å². The molecule has 7 heteroatoms. The second-order valence-electron chi connectivity index (χ2n) is 5.24. The maximum absolute atomic E-state index is 11.9. The number of nitrogens with one attached hydrogen (secondary N) is 2. The molecule has 3 N–H and O–H groups in total. The molecule has 2 rings (SSSR count). The Bertz CT molecular complexity index is 778. The predicted octanol–water partition coefficient (Wildman–Crippen LogP) is 3.27. The highest BCUT2D eigenvalue weighted by Gasteiger charge is 2.08. The number of halogens is 1. The van der Waals surface area contributed by atoms with Crippen molar-refractivity contribution in [2.45, 2.75) is 13.8 Å². The molecule has 0 aliphatic rings. The number of carbonyl (C=O) groups is 1. The summed E-state index contributed by atoms with van der Waals surface area (Å²) in [6, 6.07) is 11.2. The van der Waals surface area contributed by atoms with Crippen LogP contribution in [0.5, 0.6) is 11.5 Å². The van der Waals surface area contributed by atoms with Gasteiger partial charge in [0.15, 0.2) is 11.5 Å². The minimum atomic E-state index is -0.252. The second kappa shape index (κ2) is 9.26. The highest BCUT2D eigenvalue weighted by molar-refractivity contribution is 14.1. The smallest absolute Gasteiger partial charge is 0.259 e. The molecule has 25 heavy (non-hydrogen) atoms. The van der Waals surface area contributed by atoms with E-state index in [9.17, 15) is 9.90 Å². The number of anilines is 1. The first-order valence-electron chi connectivity index (χ1n) is 7.78. The maximum Gasteiger partial charge on any atom is 0.259 e. The normalized spacial score (nSPS) is 10.7. The third kappa shape index (κ3) is 5.63. The summed E-state index contributed by atoms with van der Waals surface area (Å²) in [6.45, 7) is 4.39. The van der Waals surface area contributed by atoms with Crippen molar-refractivity contribution < 1.29 is 14.6 Å². The Morgan fingerprint density at radius 3 is 2.84 bits per heavy atom. The van der Waals surface area contributed by atoms with Gasteiger partial charge in [-0.3, -0.25) is 4.79 Å². The number of phenolic OH excluding ortho intramolecular Hbond substituents is 1. The molecule has 0 atom stereocenters. The van der Waals surface area contributed by atoms with Crippen molar-refractivity contribution in [1.29, 1.82) is 0 Å². The van der Waals surface area contributed by atoms with Crippen molar-refractivity contribution in [1.82, 2.24) is 5.43 Å². The van der Waals surface area contributed by atoms with E-state index in [0.717, 1.165) is 16.8 Å². The first-order valence-corrected chi connectivity index (χ1v) is 8.86. The molecule has 0 unspecified atom stereocenters. The lowest BCUT2D eigenvalue weighted by atomic mass is 10.2. The SMILES string of the molecule is CCOc1cc(/C=N/NC(=O)CNc2ccccc2C)cc(I)c1O. The lowest BCUT2D eigenvalue weighted by Crippen LogP contribution is -2.26. The van der Waals surface area contributed by atoms with E-state index in [1.54, 1.807) is 12.1 Å². The fourth-order valence-corrected chi connectivity index (χ4v) is 2.72. The Morgan fingerprint density at radius 1 is 1.36 bits per heavy atom. The number of ether oxygens (including phenoxy) is 1. The van der Waals surface area contributed by atoms with Gasteiger partial charge in [0.2, 0.25) is 0 Å². The van der Waals surface area contributed by atoms with Crippen molar-refractivity contribution in [3.8, 4) is 11.5 Å². The molecule has 0 aliphatic heterocycles. The van der Waals surface area contributed by atoms with Gasteiger partial charge in [-0.05, 0) is 65.8 Å². The van der Waals surface area contributed by atoms with Crippen LogP contribution in [0.2, 0.25) is 0 Å². The number of hydrogen-bond acceptors (Lipinski definition) is 5. The summed E-state index contributed by atoms with van der Waals surface area (Å²) in [7, 11) is 0.